The first-order chi connectivity index (χ1) is 9.18. The van der Waals surface area contributed by atoms with E-state index in [0.717, 1.165) is 17.4 Å². The van der Waals surface area contributed by atoms with Gasteiger partial charge < -0.3 is 0 Å². The molecule has 0 aliphatic heterocycles. The Morgan fingerprint density at radius 3 is 2.63 bits per heavy atom. The van der Waals surface area contributed by atoms with Crippen LogP contribution < -0.4 is 11.1 Å². The van der Waals surface area contributed by atoms with E-state index in [0.29, 0.717) is 22.8 Å². The van der Waals surface area contributed by atoms with Gasteiger partial charge in [-0.3, -0.25) is 14.2 Å². The molecule has 2 aliphatic carbocycles. The van der Waals surface area contributed by atoms with Crippen LogP contribution >= 0.6 is 0 Å². The monoisotopic (exact) mass is 251 g/mol. The molecule has 1 fully saturated rings. The second-order valence-electron chi connectivity index (χ2n) is 5.41. The number of fused-ring (bicyclic) bond motifs is 5. The van der Waals surface area contributed by atoms with Gasteiger partial charge in [0.15, 0.2) is 0 Å². The van der Waals surface area contributed by atoms with Gasteiger partial charge in [0.2, 0.25) is 0 Å². The number of aromatic nitrogens is 1. The fourth-order valence-corrected chi connectivity index (χ4v) is 3.16. The third-order valence-corrected chi connectivity index (χ3v) is 4.30. The van der Waals surface area contributed by atoms with Crippen LogP contribution in [0.15, 0.2) is 39.9 Å². The van der Waals surface area contributed by atoms with Gasteiger partial charge in [0.25, 0.3) is 11.1 Å². The van der Waals surface area contributed by atoms with Crippen molar-refractivity contribution < 1.29 is 0 Å². The number of hydrogen-bond acceptors (Lipinski definition) is 2. The van der Waals surface area contributed by atoms with Crippen LogP contribution in [0.1, 0.15) is 23.5 Å². The van der Waals surface area contributed by atoms with Gasteiger partial charge in [-0.1, -0.05) is 30.4 Å². The summed E-state index contributed by atoms with van der Waals surface area (Å²) >= 11 is 0. The Morgan fingerprint density at radius 1 is 1.11 bits per heavy atom. The summed E-state index contributed by atoms with van der Waals surface area (Å²) in [4.78, 5) is 24.8. The third-order valence-electron chi connectivity index (χ3n) is 4.30. The van der Waals surface area contributed by atoms with Gasteiger partial charge in [-0.25, -0.2) is 0 Å². The molecular weight excluding hydrogens is 238 g/mol. The molecule has 2 aromatic rings. The van der Waals surface area contributed by atoms with Crippen LogP contribution in [-0.4, -0.2) is 4.57 Å². The number of nitrogens with zero attached hydrogens (tertiary/aromatic N) is 1. The molecule has 94 valence electrons. The number of rotatable bonds is 0. The topological polar surface area (TPSA) is 39.1 Å². The average molecular weight is 251 g/mol. The predicted octanol–water partition coefficient (Wildman–Crippen LogP) is 2.03. The molecule has 1 heterocycles. The molecule has 1 aromatic heterocycles. The second-order valence-corrected chi connectivity index (χ2v) is 5.41. The van der Waals surface area contributed by atoms with E-state index in [1.165, 1.54) is 4.57 Å². The Morgan fingerprint density at radius 2 is 1.84 bits per heavy atom. The van der Waals surface area contributed by atoms with Gasteiger partial charge in [0.05, 0.1) is 0 Å². The molecule has 3 nitrogen and oxygen atoms in total. The predicted molar refractivity (Wildman–Crippen MR) is 75.3 cm³/mol. The maximum absolute atomic E-state index is 12.4. The van der Waals surface area contributed by atoms with E-state index in [-0.39, 0.29) is 11.1 Å². The standard InChI is InChI=1S/C16H13NO2/c1-17-15(18)11-5-3-2-4-10(11)14-12(16(17)19)7-6-9-8-13(9)14/h2-7,9,13H,8H2,1H3. The zero-order valence-corrected chi connectivity index (χ0v) is 10.6. The molecule has 0 spiro atoms. The fraction of sp³-hybridized carbons (Fsp3) is 0.250. The molecule has 2 atom stereocenters. The first-order valence-electron chi connectivity index (χ1n) is 6.52. The summed E-state index contributed by atoms with van der Waals surface area (Å²) in [6, 6.07) is 7.56. The minimum atomic E-state index is -0.208. The van der Waals surface area contributed by atoms with Crippen LogP contribution in [0.2, 0.25) is 0 Å². The lowest BCUT2D eigenvalue weighted by molar-refractivity contribution is 0.831. The molecule has 3 heteroatoms. The number of allylic oxidation sites excluding steroid dienone is 1. The summed E-state index contributed by atoms with van der Waals surface area (Å²) in [6.45, 7) is 0. The van der Waals surface area contributed by atoms with Gasteiger partial charge in [-0.2, -0.15) is 0 Å². The van der Waals surface area contributed by atoms with Crippen molar-refractivity contribution in [2.24, 2.45) is 13.0 Å². The maximum Gasteiger partial charge on any atom is 0.261 e. The van der Waals surface area contributed by atoms with Crippen molar-refractivity contribution in [2.45, 2.75) is 12.3 Å². The van der Waals surface area contributed by atoms with Crippen LogP contribution in [0.4, 0.5) is 0 Å². The molecule has 0 radical (unpaired) electrons. The van der Waals surface area contributed by atoms with Crippen molar-refractivity contribution in [3.05, 3.63) is 62.2 Å². The minimum absolute atomic E-state index is 0.183. The molecule has 0 saturated heterocycles. The van der Waals surface area contributed by atoms with Crippen molar-refractivity contribution in [1.29, 1.82) is 0 Å². The molecule has 2 unspecified atom stereocenters. The Labute approximate surface area is 109 Å². The van der Waals surface area contributed by atoms with Gasteiger partial charge in [0, 0.05) is 18.0 Å². The lowest BCUT2D eigenvalue weighted by Gasteiger charge is -2.07. The van der Waals surface area contributed by atoms with Crippen molar-refractivity contribution in [2.75, 3.05) is 0 Å². The molecule has 2 aliphatic rings. The molecule has 0 N–H and O–H groups in total. The summed E-state index contributed by atoms with van der Waals surface area (Å²) in [5.41, 5.74) is 1.38. The Bertz CT molecular complexity index is 861. The average Bonchev–Trinajstić information content (AvgIpc) is 3.23. The van der Waals surface area contributed by atoms with E-state index < -0.39 is 0 Å². The normalized spacial score (nSPS) is 23.0. The SMILES string of the molecule is Cn1c(=O)c2c(c3ccccc3c1=O)C1CC1C=C2. The van der Waals surface area contributed by atoms with Crippen LogP contribution in [0, 0.1) is 5.92 Å². The highest BCUT2D eigenvalue weighted by Crippen LogP contribution is 2.53. The molecule has 1 aromatic carbocycles. The summed E-state index contributed by atoms with van der Waals surface area (Å²) in [7, 11) is 1.56. The first kappa shape index (κ1) is 10.7. The molecule has 19 heavy (non-hydrogen) atoms. The number of hydrogen-bond donors (Lipinski definition) is 0. The van der Waals surface area contributed by atoms with E-state index in [2.05, 4.69) is 6.08 Å². The molecule has 1 saturated carbocycles. The van der Waals surface area contributed by atoms with Crippen LogP contribution in [0.5, 0.6) is 0 Å². The highest BCUT2D eigenvalue weighted by atomic mass is 16.2. The Hall–Kier alpha value is -2.16. The quantitative estimate of drug-likeness (QED) is 0.718. The molecular formula is C16H13NO2. The summed E-state index contributed by atoms with van der Waals surface area (Å²) in [5.74, 6) is 0.975. The summed E-state index contributed by atoms with van der Waals surface area (Å²) in [5, 5.41) is 1.58. The number of benzene rings is 1. The molecule has 4 rings (SSSR count). The van der Waals surface area contributed by atoms with Gasteiger partial charge in [-0.05, 0) is 35.3 Å². The van der Waals surface area contributed by atoms with Crippen molar-refractivity contribution in [1.82, 2.24) is 4.57 Å². The third kappa shape index (κ3) is 1.33. The van der Waals surface area contributed by atoms with Crippen LogP contribution in [0.3, 0.4) is 0 Å². The smallest absolute Gasteiger partial charge is 0.261 e. The lowest BCUT2D eigenvalue weighted by Crippen LogP contribution is -2.28. The van der Waals surface area contributed by atoms with E-state index in [1.54, 1.807) is 7.05 Å². The molecule has 0 bridgehead atoms. The highest BCUT2D eigenvalue weighted by Gasteiger charge is 2.41. The minimum Gasteiger partial charge on any atom is -0.277 e. The summed E-state index contributed by atoms with van der Waals surface area (Å²) < 4.78 is 1.23. The lowest BCUT2D eigenvalue weighted by atomic mass is 9.95. The zero-order chi connectivity index (χ0) is 13.1. The second kappa shape index (κ2) is 3.44. The van der Waals surface area contributed by atoms with Gasteiger partial charge >= 0.3 is 0 Å². The van der Waals surface area contributed by atoms with Gasteiger partial charge in [0.1, 0.15) is 0 Å². The highest BCUT2D eigenvalue weighted by molar-refractivity contribution is 5.88. The summed E-state index contributed by atoms with van der Waals surface area (Å²) in [6.07, 6.45) is 5.10. The van der Waals surface area contributed by atoms with Crippen LogP contribution in [0.25, 0.3) is 16.8 Å². The Balaban J connectivity index is 2.35. The van der Waals surface area contributed by atoms with E-state index in [1.807, 2.05) is 30.3 Å². The molecule has 0 amide bonds. The zero-order valence-electron chi connectivity index (χ0n) is 10.6. The maximum atomic E-state index is 12.4. The van der Waals surface area contributed by atoms with E-state index >= 15 is 0 Å². The van der Waals surface area contributed by atoms with E-state index in [9.17, 15) is 9.59 Å². The largest absolute Gasteiger partial charge is 0.277 e. The van der Waals surface area contributed by atoms with Crippen molar-refractivity contribution >= 4 is 16.8 Å². The first-order valence-corrected chi connectivity index (χ1v) is 6.52. The van der Waals surface area contributed by atoms with Crippen molar-refractivity contribution in [3.8, 4) is 0 Å². The van der Waals surface area contributed by atoms with Gasteiger partial charge in [-0.15, -0.1) is 0 Å². The van der Waals surface area contributed by atoms with Crippen molar-refractivity contribution in [3.63, 3.8) is 0 Å². The fourth-order valence-electron chi connectivity index (χ4n) is 3.16. The van der Waals surface area contributed by atoms with E-state index in [4.69, 9.17) is 0 Å². The Kier molecular flexibility index (Phi) is 1.94. The van der Waals surface area contributed by atoms with Crippen LogP contribution in [-0.2, 0) is 7.05 Å².